The van der Waals surface area contributed by atoms with E-state index in [-0.39, 0.29) is 0 Å². The van der Waals surface area contributed by atoms with Crippen LogP contribution in [0.1, 0.15) is 5.56 Å². The van der Waals surface area contributed by atoms with Gasteiger partial charge in [-0.15, -0.1) is 0 Å². The van der Waals surface area contributed by atoms with E-state index in [0.717, 1.165) is 14.8 Å². The minimum absolute atomic E-state index is 0.523. The van der Waals surface area contributed by atoms with Crippen LogP contribution in [0.5, 0.6) is 0 Å². The Labute approximate surface area is 91.0 Å². The Hall–Kier alpha value is -0.850. The molecule has 0 aliphatic rings. The number of hydrogen-bond donors (Lipinski definition) is 4. The zero-order valence-electron chi connectivity index (χ0n) is 7.61. The van der Waals surface area contributed by atoms with E-state index < -0.39 is 0 Å². The highest BCUT2D eigenvalue weighted by Gasteiger charge is 2.13. The van der Waals surface area contributed by atoms with Gasteiger partial charge in [0, 0.05) is 10.6 Å². The van der Waals surface area contributed by atoms with Gasteiger partial charge < -0.3 is 22.5 Å². The third-order valence-electron chi connectivity index (χ3n) is 2.05. The molecule has 0 atom stereocenters. The largest absolute Gasteiger partial charge is 0.397 e. The van der Waals surface area contributed by atoms with Gasteiger partial charge in [0.15, 0.2) is 0 Å². The topological polar surface area (TPSA) is 90.1 Å². The van der Waals surface area contributed by atoms with Gasteiger partial charge in [-0.25, -0.2) is 0 Å². The lowest BCUT2D eigenvalue weighted by atomic mass is 10.1. The van der Waals surface area contributed by atoms with E-state index in [2.05, 4.69) is 27.9 Å². The lowest BCUT2D eigenvalue weighted by Gasteiger charge is -2.15. The summed E-state index contributed by atoms with van der Waals surface area (Å²) in [5.41, 5.74) is 20.9. The van der Waals surface area contributed by atoms with Crippen molar-refractivity contribution in [2.24, 2.45) is 0 Å². The van der Waals surface area contributed by atoms with Gasteiger partial charge in [0.2, 0.25) is 0 Å². The molecule has 0 bridgehead atoms. The van der Waals surface area contributed by atoms with Crippen LogP contribution in [-0.2, 0) is 0 Å². The van der Waals surface area contributed by atoms with Crippen LogP contribution in [0.2, 0.25) is 0 Å². The van der Waals surface area contributed by atoms with Crippen LogP contribution in [0.25, 0.3) is 0 Å². The first-order chi connectivity index (χ1) is 6.00. The minimum Gasteiger partial charge on any atom is -0.397 e. The normalized spacial score (nSPS) is 10.1. The maximum absolute atomic E-state index is 5.86. The number of benzene rings is 1. The standard InChI is InChI=1S/C8H13IN4/c1-3-4(9)6(11)7(12)8(13-2)5(3)10/h13H,10-12H2,1-2H3. The van der Waals surface area contributed by atoms with Crippen molar-refractivity contribution in [3.63, 3.8) is 0 Å². The maximum Gasteiger partial charge on any atom is 0.0829 e. The second-order valence-electron chi connectivity index (χ2n) is 2.81. The number of rotatable bonds is 1. The Morgan fingerprint density at radius 1 is 1.08 bits per heavy atom. The SMILES string of the molecule is CNc1c(N)c(C)c(I)c(N)c1N. The number of nitrogen functional groups attached to an aromatic ring is 3. The van der Waals surface area contributed by atoms with E-state index in [1.54, 1.807) is 7.05 Å². The van der Waals surface area contributed by atoms with Crippen molar-refractivity contribution in [1.82, 2.24) is 0 Å². The number of hydrogen-bond acceptors (Lipinski definition) is 4. The van der Waals surface area contributed by atoms with E-state index in [1.807, 2.05) is 6.92 Å². The molecule has 0 aliphatic heterocycles. The molecular weight excluding hydrogens is 279 g/mol. The fourth-order valence-electron chi connectivity index (χ4n) is 1.18. The van der Waals surface area contributed by atoms with E-state index in [4.69, 9.17) is 17.2 Å². The van der Waals surface area contributed by atoms with Crippen molar-refractivity contribution in [3.8, 4) is 0 Å². The second-order valence-corrected chi connectivity index (χ2v) is 3.88. The molecule has 13 heavy (non-hydrogen) atoms. The van der Waals surface area contributed by atoms with Gasteiger partial charge in [0.1, 0.15) is 0 Å². The van der Waals surface area contributed by atoms with Gasteiger partial charge in [-0.1, -0.05) is 0 Å². The summed E-state index contributed by atoms with van der Waals surface area (Å²) in [5.74, 6) is 0. The van der Waals surface area contributed by atoms with Crippen molar-refractivity contribution in [2.75, 3.05) is 29.6 Å². The Bertz CT molecular complexity index is 319. The van der Waals surface area contributed by atoms with E-state index in [1.165, 1.54) is 0 Å². The van der Waals surface area contributed by atoms with E-state index >= 15 is 0 Å². The first-order valence-electron chi connectivity index (χ1n) is 3.81. The fourth-order valence-corrected chi connectivity index (χ4v) is 1.76. The average molecular weight is 292 g/mol. The molecule has 0 aliphatic carbocycles. The highest BCUT2D eigenvalue weighted by atomic mass is 127. The summed E-state index contributed by atoms with van der Waals surface area (Å²) < 4.78 is 0.923. The van der Waals surface area contributed by atoms with Crippen LogP contribution >= 0.6 is 22.6 Å². The summed E-state index contributed by atoms with van der Waals surface area (Å²) in [6, 6.07) is 0. The van der Waals surface area contributed by atoms with Gasteiger partial charge in [-0.05, 0) is 35.1 Å². The van der Waals surface area contributed by atoms with Crippen molar-refractivity contribution in [3.05, 3.63) is 9.13 Å². The van der Waals surface area contributed by atoms with Gasteiger partial charge in [-0.3, -0.25) is 0 Å². The molecule has 0 spiro atoms. The van der Waals surface area contributed by atoms with Crippen LogP contribution in [-0.4, -0.2) is 7.05 Å². The molecular formula is C8H13IN4. The molecule has 1 aromatic rings. The molecule has 0 saturated heterocycles. The molecule has 7 N–H and O–H groups in total. The van der Waals surface area contributed by atoms with Crippen molar-refractivity contribution >= 4 is 45.3 Å². The minimum atomic E-state index is 0.523. The lowest BCUT2D eigenvalue weighted by Crippen LogP contribution is -2.08. The summed E-state index contributed by atoms with van der Waals surface area (Å²) in [4.78, 5) is 0. The molecule has 0 amide bonds. The van der Waals surface area contributed by atoms with Crippen LogP contribution in [0.3, 0.4) is 0 Å². The Balaban J connectivity index is 3.56. The van der Waals surface area contributed by atoms with E-state index in [9.17, 15) is 0 Å². The fraction of sp³-hybridized carbons (Fsp3) is 0.250. The molecule has 1 aromatic carbocycles. The average Bonchev–Trinajstić information content (AvgIpc) is 2.13. The molecule has 0 unspecified atom stereocenters. The molecule has 0 radical (unpaired) electrons. The first-order valence-corrected chi connectivity index (χ1v) is 4.88. The molecule has 4 nitrogen and oxygen atoms in total. The summed E-state index contributed by atoms with van der Waals surface area (Å²) in [5, 5.41) is 2.94. The second kappa shape index (κ2) is 3.49. The predicted octanol–water partition coefficient (Wildman–Crippen LogP) is 1.39. The Morgan fingerprint density at radius 2 is 1.62 bits per heavy atom. The van der Waals surface area contributed by atoms with Crippen molar-refractivity contribution in [1.29, 1.82) is 0 Å². The molecule has 5 heteroatoms. The Morgan fingerprint density at radius 3 is 2.08 bits per heavy atom. The monoisotopic (exact) mass is 292 g/mol. The van der Waals surface area contributed by atoms with Crippen molar-refractivity contribution in [2.45, 2.75) is 6.92 Å². The van der Waals surface area contributed by atoms with Crippen LogP contribution in [0.4, 0.5) is 22.7 Å². The van der Waals surface area contributed by atoms with Gasteiger partial charge >= 0.3 is 0 Å². The van der Waals surface area contributed by atoms with Crippen LogP contribution in [0, 0.1) is 10.5 Å². The summed E-state index contributed by atoms with van der Waals surface area (Å²) in [6.45, 7) is 1.92. The number of halogens is 1. The van der Waals surface area contributed by atoms with Crippen molar-refractivity contribution < 1.29 is 0 Å². The summed E-state index contributed by atoms with van der Waals surface area (Å²) in [6.07, 6.45) is 0. The van der Waals surface area contributed by atoms with Crippen LogP contribution < -0.4 is 22.5 Å². The maximum atomic E-state index is 5.86. The first kappa shape index (κ1) is 10.2. The smallest absolute Gasteiger partial charge is 0.0829 e. The van der Waals surface area contributed by atoms with Gasteiger partial charge in [0.05, 0.1) is 22.7 Å². The number of anilines is 4. The molecule has 72 valence electrons. The zero-order valence-corrected chi connectivity index (χ0v) is 9.77. The molecule has 0 saturated carbocycles. The predicted molar refractivity (Wildman–Crippen MR) is 66.7 cm³/mol. The summed E-state index contributed by atoms with van der Waals surface area (Å²) in [7, 11) is 1.77. The quantitative estimate of drug-likeness (QED) is 0.465. The third-order valence-corrected chi connectivity index (χ3v) is 3.44. The van der Waals surface area contributed by atoms with Gasteiger partial charge in [-0.2, -0.15) is 0 Å². The zero-order chi connectivity index (χ0) is 10.2. The van der Waals surface area contributed by atoms with Crippen LogP contribution in [0.15, 0.2) is 0 Å². The molecule has 1 rings (SSSR count). The highest BCUT2D eigenvalue weighted by molar-refractivity contribution is 14.1. The Kier molecular flexibility index (Phi) is 2.74. The highest BCUT2D eigenvalue weighted by Crippen LogP contribution is 2.38. The molecule has 0 aromatic heterocycles. The van der Waals surface area contributed by atoms with Gasteiger partial charge in [0.25, 0.3) is 0 Å². The molecule has 0 heterocycles. The van der Waals surface area contributed by atoms with E-state index in [0.29, 0.717) is 17.1 Å². The molecule has 0 fully saturated rings. The summed E-state index contributed by atoms with van der Waals surface area (Å²) >= 11 is 2.14. The number of nitrogens with one attached hydrogen (secondary N) is 1. The number of nitrogens with two attached hydrogens (primary N) is 3. The third kappa shape index (κ3) is 1.48. The lowest BCUT2D eigenvalue weighted by molar-refractivity contribution is 1.40.